The summed E-state index contributed by atoms with van der Waals surface area (Å²) in [5.41, 5.74) is 6.19. The van der Waals surface area contributed by atoms with Gasteiger partial charge in [-0.05, 0) is 29.8 Å². The van der Waals surface area contributed by atoms with Gasteiger partial charge in [0.25, 0.3) is 11.8 Å². The van der Waals surface area contributed by atoms with Crippen molar-refractivity contribution >= 4 is 29.4 Å². The third-order valence-corrected chi connectivity index (χ3v) is 3.48. The maximum atomic E-state index is 11.7. The van der Waals surface area contributed by atoms with Crippen LogP contribution in [0.2, 0.25) is 5.02 Å². The van der Waals surface area contributed by atoms with Gasteiger partial charge in [0.2, 0.25) is 0 Å². The van der Waals surface area contributed by atoms with Gasteiger partial charge in [0.1, 0.15) is 5.75 Å². The molecule has 0 radical (unpaired) electrons. The fourth-order valence-corrected chi connectivity index (χ4v) is 2.23. The first-order valence-corrected chi connectivity index (χ1v) is 8.02. The number of nitrogens with two attached hydrogens (primary N) is 1. The highest BCUT2D eigenvalue weighted by molar-refractivity contribution is 6.30. The van der Waals surface area contributed by atoms with E-state index in [2.05, 4.69) is 5.32 Å². The molecule has 0 aromatic heterocycles. The largest absolute Gasteiger partial charge is 0.481 e. The lowest BCUT2D eigenvalue weighted by Gasteiger charge is -2.10. The molecule has 0 unspecified atom stereocenters. The second-order valence-corrected chi connectivity index (χ2v) is 5.65. The van der Waals surface area contributed by atoms with Gasteiger partial charge in [-0.1, -0.05) is 35.9 Å². The molecule has 0 aliphatic rings. The van der Waals surface area contributed by atoms with Crippen molar-refractivity contribution in [1.82, 2.24) is 5.32 Å². The van der Waals surface area contributed by atoms with Gasteiger partial charge in [-0.3, -0.25) is 9.59 Å². The van der Waals surface area contributed by atoms with Crippen LogP contribution in [0.15, 0.2) is 48.5 Å². The third-order valence-electron chi connectivity index (χ3n) is 3.24. The topological polar surface area (TPSA) is 108 Å². The summed E-state index contributed by atoms with van der Waals surface area (Å²) in [7, 11) is 0. The molecule has 2 aromatic carbocycles. The second-order valence-electron chi connectivity index (χ2n) is 5.22. The summed E-state index contributed by atoms with van der Waals surface area (Å²) in [6, 6.07) is 13.3. The molecule has 0 aliphatic carbocycles. The number of hydrogen-bond acceptors (Lipinski definition) is 5. The van der Waals surface area contributed by atoms with Crippen molar-refractivity contribution in [2.24, 2.45) is 5.73 Å². The number of hydrogen-bond donors (Lipinski definition) is 2. The summed E-state index contributed by atoms with van der Waals surface area (Å²) >= 11 is 5.85. The van der Waals surface area contributed by atoms with Crippen LogP contribution in [0, 0.1) is 0 Å². The number of amides is 2. The number of halogens is 1. The molecule has 8 heteroatoms. The van der Waals surface area contributed by atoms with E-state index in [0.717, 1.165) is 5.56 Å². The van der Waals surface area contributed by atoms with Crippen LogP contribution in [0.1, 0.15) is 15.9 Å². The number of carbonyl (C=O) groups excluding carboxylic acids is 3. The summed E-state index contributed by atoms with van der Waals surface area (Å²) < 4.78 is 10.0. The molecule has 2 aromatic rings. The van der Waals surface area contributed by atoms with E-state index in [1.165, 1.54) is 12.1 Å². The summed E-state index contributed by atoms with van der Waals surface area (Å²) in [5, 5.41) is 3.17. The first kappa shape index (κ1) is 19.3. The van der Waals surface area contributed by atoms with E-state index >= 15 is 0 Å². The molecule has 0 bridgehead atoms. The van der Waals surface area contributed by atoms with Crippen LogP contribution in [0.4, 0.5) is 0 Å². The molecule has 0 fully saturated rings. The lowest BCUT2D eigenvalue weighted by Crippen LogP contribution is -2.29. The predicted octanol–water partition coefficient (Wildman–Crippen LogP) is 1.68. The number of rotatable bonds is 8. The Bertz CT molecular complexity index is 810. The van der Waals surface area contributed by atoms with Crippen molar-refractivity contribution in [3.8, 4) is 5.75 Å². The van der Waals surface area contributed by atoms with Crippen molar-refractivity contribution in [3.63, 3.8) is 0 Å². The molecular weight excluding hydrogens is 360 g/mol. The standard InChI is InChI=1S/C18H17ClN2O5/c19-13-5-3-4-12(8-13)9-21-16(22)10-26-17(23)11-25-15-7-2-1-6-14(15)18(20)24/h1-8H,9-11H2,(H2,20,24)(H,21,22). The summed E-state index contributed by atoms with van der Waals surface area (Å²) in [4.78, 5) is 34.6. The molecule has 0 heterocycles. The molecule has 0 spiro atoms. The molecule has 0 saturated carbocycles. The molecule has 3 N–H and O–H groups in total. The summed E-state index contributed by atoms with van der Waals surface area (Å²) in [6.45, 7) is -0.633. The highest BCUT2D eigenvalue weighted by Crippen LogP contribution is 2.17. The lowest BCUT2D eigenvalue weighted by molar-refractivity contribution is -0.150. The van der Waals surface area contributed by atoms with Gasteiger partial charge >= 0.3 is 5.97 Å². The Balaban J connectivity index is 1.73. The fourth-order valence-electron chi connectivity index (χ4n) is 2.02. The van der Waals surface area contributed by atoms with Crippen molar-refractivity contribution in [3.05, 3.63) is 64.7 Å². The van der Waals surface area contributed by atoms with Crippen LogP contribution in [0.3, 0.4) is 0 Å². The second kappa shape index (κ2) is 9.43. The molecule has 0 saturated heterocycles. The molecular formula is C18H17ClN2O5. The number of ether oxygens (including phenoxy) is 2. The molecule has 0 atom stereocenters. The zero-order valence-corrected chi connectivity index (χ0v) is 14.5. The zero-order valence-electron chi connectivity index (χ0n) is 13.7. The van der Waals surface area contributed by atoms with E-state index in [0.29, 0.717) is 5.02 Å². The van der Waals surface area contributed by atoms with Crippen LogP contribution in [0.25, 0.3) is 0 Å². The Morgan fingerprint density at radius 3 is 2.54 bits per heavy atom. The van der Waals surface area contributed by atoms with Crippen LogP contribution < -0.4 is 15.8 Å². The van der Waals surface area contributed by atoms with Gasteiger partial charge in [-0.15, -0.1) is 0 Å². The Kier molecular flexibility index (Phi) is 6.99. The third kappa shape index (κ3) is 6.10. The van der Waals surface area contributed by atoms with Gasteiger partial charge in [0, 0.05) is 11.6 Å². The highest BCUT2D eigenvalue weighted by atomic mass is 35.5. The number of esters is 1. The van der Waals surface area contributed by atoms with E-state index in [-0.39, 0.29) is 17.9 Å². The van der Waals surface area contributed by atoms with Crippen LogP contribution in [0.5, 0.6) is 5.75 Å². The average molecular weight is 377 g/mol. The highest BCUT2D eigenvalue weighted by Gasteiger charge is 2.12. The smallest absolute Gasteiger partial charge is 0.344 e. The maximum absolute atomic E-state index is 11.7. The molecule has 2 rings (SSSR count). The summed E-state index contributed by atoms with van der Waals surface area (Å²) in [5.74, 6) is -1.71. The zero-order chi connectivity index (χ0) is 18.9. The lowest BCUT2D eigenvalue weighted by atomic mass is 10.2. The minimum Gasteiger partial charge on any atom is -0.481 e. The van der Waals surface area contributed by atoms with Gasteiger partial charge in [-0.2, -0.15) is 0 Å². The Hall–Kier alpha value is -3.06. The van der Waals surface area contributed by atoms with E-state index in [9.17, 15) is 14.4 Å². The van der Waals surface area contributed by atoms with E-state index in [4.69, 9.17) is 26.8 Å². The van der Waals surface area contributed by atoms with Gasteiger partial charge in [-0.25, -0.2) is 4.79 Å². The van der Waals surface area contributed by atoms with Crippen molar-refractivity contribution < 1.29 is 23.9 Å². The van der Waals surface area contributed by atoms with Gasteiger partial charge in [0.15, 0.2) is 13.2 Å². The van der Waals surface area contributed by atoms with Crippen LogP contribution in [-0.2, 0) is 20.9 Å². The molecule has 136 valence electrons. The monoisotopic (exact) mass is 376 g/mol. The Morgan fingerprint density at radius 2 is 1.81 bits per heavy atom. The molecule has 26 heavy (non-hydrogen) atoms. The number of para-hydroxylation sites is 1. The van der Waals surface area contributed by atoms with Gasteiger partial charge in [0.05, 0.1) is 5.56 Å². The number of primary amides is 1. The number of nitrogens with one attached hydrogen (secondary N) is 1. The first-order valence-electron chi connectivity index (χ1n) is 7.64. The van der Waals surface area contributed by atoms with E-state index in [1.807, 2.05) is 6.07 Å². The Morgan fingerprint density at radius 1 is 1.04 bits per heavy atom. The minimum atomic E-state index is -0.748. The SMILES string of the molecule is NC(=O)c1ccccc1OCC(=O)OCC(=O)NCc1cccc(Cl)c1. The molecule has 0 aliphatic heterocycles. The normalized spacial score (nSPS) is 10.0. The maximum Gasteiger partial charge on any atom is 0.344 e. The number of benzene rings is 2. The molecule has 2 amide bonds. The fraction of sp³-hybridized carbons (Fsp3) is 0.167. The van der Waals surface area contributed by atoms with Crippen molar-refractivity contribution in [2.45, 2.75) is 6.54 Å². The van der Waals surface area contributed by atoms with Gasteiger partial charge < -0.3 is 20.5 Å². The van der Waals surface area contributed by atoms with E-state index < -0.39 is 31.0 Å². The van der Waals surface area contributed by atoms with Crippen LogP contribution in [-0.4, -0.2) is 31.0 Å². The van der Waals surface area contributed by atoms with E-state index in [1.54, 1.807) is 30.3 Å². The molecule has 7 nitrogen and oxygen atoms in total. The number of carbonyl (C=O) groups is 3. The van der Waals surface area contributed by atoms with Crippen LogP contribution >= 0.6 is 11.6 Å². The van der Waals surface area contributed by atoms with Crippen molar-refractivity contribution in [1.29, 1.82) is 0 Å². The minimum absolute atomic E-state index is 0.152. The Labute approximate surface area is 155 Å². The first-order chi connectivity index (χ1) is 12.5. The quantitative estimate of drug-likeness (QED) is 0.681. The average Bonchev–Trinajstić information content (AvgIpc) is 2.63. The predicted molar refractivity (Wildman–Crippen MR) is 94.7 cm³/mol. The van der Waals surface area contributed by atoms with Crippen molar-refractivity contribution in [2.75, 3.05) is 13.2 Å². The summed E-state index contributed by atoms with van der Waals surface area (Å²) in [6.07, 6.45) is 0.